The average Bonchev–Trinajstić information content (AvgIpc) is 3.37. The zero-order valence-corrected chi connectivity index (χ0v) is 11.8. The molecule has 1 aromatic carbocycles. The van der Waals surface area contributed by atoms with E-state index in [0.717, 1.165) is 29.7 Å². The van der Waals surface area contributed by atoms with E-state index in [1.54, 1.807) is 12.4 Å². The molecule has 0 unspecified atom stereocenters. The van der Waals surface area contributed by atoms with Crippen molar-refractivity contribution < 1.29 is 9.53 Å². The van der Waals surface area contributed by atoms with Gasteiger partial charge in [0, 0.05) is 30.4 Å². The molecule has 21 heavy (non-hydrogen) atoms. The molecule has 0 atom stereocenters. The summed E-state index contributed by atoms with van der Waals surface area (Å²) in [5.74, 6) is 1.25. The molecule has 4 nitrogen and oxygen atoms in total. The van der Waals surface area contributed by atoms with Gasteiger partial charge in [0.25, 0.3) is 0 Å². The molecule has 1 saturated carbocycles. The van der Waals surface area contributed by atoms with Gasteiger partial charge in [-0.3, -0.25) is 9.78 Å². The molecule has 0 spiro atoms. The maximum atomic E-state index is 11.6. The summed E-state index contributed by atoms with van der Waals surface area (Å²) in [5, 5.41) is 2.95. The number of carbonyl (C=O) groups is 1. The fourth-order valence-corrected chi connectivity index (χ4v) is 2.03. The molecule has 1 N–H and O–H groups in total. The summed E-state index contributed by atoms with van der Waals surface area (Å²) in [7, 11) is 0. The topological polar surface area (TPSA) is 51.2 Å². The predicted octanol–water partition coefficient (Wildman–Crippen LogP) is 2.69. The number of amides is 1. The summed E-state index contributed by atoms with van der Waals surface area (Å²) >= 11 is 0. The van der Waals surface area contributed by atoms with Crippen LogP contribution in [-0.2, 0) is 17.9 Å². The van der Waals surface area contributed by atoms with Gasteiger partial charge < -0.3 is 10.1 Å². The van der Waals surface area contributed by atoms with E-state index >= 15 is 0 Å². The minimum absolute atomic E-state index is 0.173. The molecule has 1 fully saturated rings. The fraction of sp³-hybridized carbons (Fsp3) is 0.294. The van der Waals surface area contributed by atoms with Gasteiger partial charge in [-0.05, 0) is 36.6 Å². The third-order valence-corrected chi connectivity index (χ3v) is 3.47. The van der Waals surface area contributed by atoms with Crippen LogP contribution in [0.3, 0.4) is 0 Å². The Hall–Kier alpha value is -2.36. The van der Waals surface area contributed by atoms with Gasteiger partial charge in [-0.25, -0.2) is 0 Å². The Morgan fingerprint density at radius 3 is 2.67 bits per heavy atom. The van der Waals surface area contributed by atoms with E-state index in [9.17, 15) is 4.79 Å². The molecule has 1 aliphatic rings. The SMILES string of the molecule is O=C(NCc1ccc(OCc2cccnc2)cc1)C1CC1. The average molecular weight is 282 g/mol. The number of aromatic nitrogens is 1. The second kappa shape index (κ2) is 6.39. The summed E-state index contributed by atoms with van der Waals surface area (Å²) in [6.07, 6.45) is 5.61. The van der Waals surface area contributed by atoms with Crippen molar-refractivity contribution >= 4 is 5.91 Å². The largest absolute Gasteiger partial charge is 0.489 e. The van der Waals surface area contributed by atoms with Crippen molar-refractivity contribution in [3.05, 3.63) is 59.9 Å². The van der Waals surface area contributed by atoms with Gasteiger partial charge in [0.1, 0.15) is 12.4 Å². The van der Waals surface area contributed by atoms with Crippen molar-refractivity contribution in [2.45, 2.75) is 26.0 Å². The third-order valence-electron chi connectivity index (χ3n) is 3.47. The highest BCUT2D eigenvalue weighted by Crippen LogP contribution is 2.28. The van der Waals surface area contributed by atoms with Gasteiger partial charge >= 0.3 is 0 Å². The second-order valence-electron chi connectivity index (χ2n) is 5.29. The number of hydrogen-bond donors (Lipinski definition) is 1. The van der Waals surface area contributed by atoms with E-state index in [2.05, 4.69) is 10.3 Å². The van der Waals surface area contributed by atoms with Crippen molar-refractivity contribution in [3.8, 4) is 5.75 Å². The van der Waals surface area contributed by atoms with Crippen LogP contribution >= 0.6 is 0 Å². The number of hydrogen-bond acceptors (Lipinski definition) is 3. The van der Waals surface area contributed by atoms with Gasteiger partial charge in [-0.1, -0.05) is 18.2 Å². The number of nitrogens with zero attached hydrogens (tertiary/aromatic N) is 1. The van der Waals surface area contributed by atoms with Crippen molar-refractivity contribution in [2.24, 2.45) is 5.92 Å². The van der Waals surface area contributed by atoms with Crippen LogP contribution in [0.25, 0.3) is 0 Å². The van der Waals surface area contributed by atoms with Crippen molar-refractivity contribution in [2.75, 3.05) is 0 Å². The van der Waals surface area contributed by atoms with Crippen LogP contribution in [0.15, 0.2) is 48.8 Å². The summed E-state index contributed by atoms with van der Waals surface area (Å²) < 4.78 is 5.69. The molecule has 4 heteroatoms. The molecule has 108 valence electrons. The lowest BCUT2D eigenvalue weighted by Crippen LogP contribution is -2.24. The first kappa shape index (κ1) is 13.6. The smallest absolute Gasteiger partial charge is 0.223 e. The molecule has 1 aliphatic carbocycles. The van der Waals surface area contributed by atoms with Crippen molar-refractivity contribution in [3.63, 3.8) is 0 Å². The lowest BCUT2D eigenvalue weighted by molar-refractivity contribution is -0.122. The van der Waals surface area contributed by atoms with Gasteiger partial charge in [0.2, 0.25) is 5.91 Å². The number of rotatable bonds is 6. The first-order valence-electron chi connectivity index (χ1n) is 7.19. The Bertz CT molecular complexity index is 592. The lowest BCUT2D eigenvalue weighted by Gasteiger charge is -2.08. The zero-order chi connectivity index (χ0) is 14.5. The number of ether oxygens (including phenoxy) is 1. The summed E-state index contributed by atoms with van der Waals surface area (Å²) in [6.45, 7) is 1.09. The van der Waals surface area contributed by atoms with E-state index < -0.39 is 0 Å². The monoisotopic (exact) mass is 282 g/mol. The number of carbonyl (C=O) groups excluding carboxylic acids is 1. The summed E-state index contributed by atoms with van der Waals surface area (Å²) in [4.78, 5) is 15.6. The first-order chi connectivity index (χ1) is 10.3. The summed E-state index contributed by atoms with van der Waals surface area (Å²) in [5.41, 5.74) is 2.12. The van der Waals surface area contributed by atoms with Gasteiger partial charge in [0.15, 0.2) is 0 Å². The Labute approximate surface area is 124 Å². The highest BCUT2D eigenvalue weighted by molar-refractivity contribution is 5.80. The van der Waals surface area contributed by atoms with Crippen LogP contribution in [0.2, 0.25) is 0 Å². The Morgan fingerprint density at radius 2 is 2.00 bits per heavy atom. The first-order valence-corrected chi connectivity index (χ1v) is 7.19. The van der Waals surface area contributed by atoms with E-state index in [4.69, 9.17) is 4.74 Å². The minimum atomic E-state index is 0.173. The molecule has 1 aromatic heterocycles. The predicted molar refractivity (Wildman–Crippen MR) is 79.6 cm³/mol. The fourth-order valence-electron chi connectivity index (χ4n) is 2.03. The molecule has 0 saturated heterocycles. The summed E-state index contributed by atoms with van der Waals surface area (Å²) in [6, 6.07) is 11.7. The van der Waals surface area contributed by atoms with E-state index in [-0.39, 0.29) is 11.8 Å². The van der Waals surface area contributed by atoms with E-state index in [1.165, 1.54) is 0 Å². The molecule has 1 amide bonds. The normalized spacial score (nSPS) is 13.7. The lowest BCUT2D eigenvalue weighted by atomic mass is 10.2. The maximum absolute atomic E-state index is 11.6. The Balaban J connectivity index is 1.48. The van der Waals surface area contributed by atoms with Crippen LogP contribution in [0.5, 0.6) is 5.75 Å². The van der Waals surface area contributed by atoms with E-state index in [0.29, 0.717) is 13.2 Å². The molecule has 0 aliphatic heterocycles. The van der Waals surface area contributed by atoms with Crippen molar-refractivity contribution in [1.82, 2.24) is 10.3 Å². The number of benzene rings is 1. The van der Waals surface area contributed by atoms with Crippen LogP contribution in [0.1, 0.15) is 24.0 Å². The van der Waals surface area contributed by atoms with Gasteiger partial charge in [-0.2, -0.15) is 0 Å². The minimum Gasteiger partial charge on any atom is -0.489 e. The zero-order valence-electron chi connectivity index (χ0n) is 11.8. The van der Waals surface area contributed by atoms with Gasteiger partial charge in [0.05, 0.1) is 0 Å². The van der Waals surface area contributed by atoms with Crippen LogP contribution in [-0.4, -0.2) is 10.9 Å². The Kier molecular flexibility index (Phi) is 4.15. The molecule has 0 radical (unpaired) electrons. The molecular weight excluding hydrogens is 264 g/mol. The highest BCUT2D eigenvalue weighted by Gasteiger charge is 2.29. The molecule has 1 heterocycles. The van der Waals surface area contributed by atoms with Gasteiger partial charge in [-0.15, -0.1) is 0 Å². The van der Waals surface area contributed by atoms with Crippen LogP contribution < -0.4 is 10.1 Å². The van der Waals surface area contributed by atoms with Crippen molar-refractivity contribution in [1.29, 1.82) is 0 Å². The van der Waals surface area contributed by atoms with Crippen LogP contribution in [0, 0.1) is 5.92 Å². The standard InChI is InChI=1S/C17H18N2O2/c20-17(15-5-6-15)19-11-13-3-7-16(8-4-13)21-12-14-2-1-9-18-10-14/h1-4,7-10,15H,5-6,11-12H2,(H,19,20). The van der Waals surface area contributed by atoms with Crippen LogP contribution in [0.4, 0.5) is 0 Å². The molecule has 3 rings (SSSR count). The quantitative estimate of drug-likeness (QED) is 0.886. The highest BCUT2D eigenvalue weighted by atomic mass is 16.5. The number of pyridine rings is 1. The molecule has 2 aromatic rings. The second-order valence-corrected chi connectivity index (χ2v) is 5.29. The molecular formula is C17H18N2O2. The Morgan fingerprint density at radius 1 is 1.19 bits per heavy atom. The third kappa shape index (κ3) is 4.05. The number of nitrogens with one attached hydrogen (secondary N) is 1. The van der Waals surface area contributed by atoms with E-state index in [1.807, 2.05) is 36.4 Å². The molecule has 0 bridgehead atoms. The maximum Gasteiger partial charge on any atom is 0.223 e.